The molecule has 1 saturated heterocycles. The maximum absolute atomic E-state index is 11.9. The van der Waals surface area contributed by atoms with Gasteiger partial charge in [-0.05, 0) is 34.0 Å². The van der Waals surface area contributed by atoms with Crippen molar-refractivity contribution in [3.8, 4) is 0 Å². The quantitative estimate of drug-likeness (QED) is 0.820. The van der Waals surface area contributed by atoms with E-state index in [1.54, 1.807) is 11.3 Å². The van der Waals surface area contributed by atoms with Gasteiger partial charge in [0.1, 0.15) is 0 Å². The zero-order chi connectivity index (χ0) is 15.2. The van der Waals surface area contributed by atoms with Gasteiger partial charge in [0, 0.05) is 43.4 Å². The number of likely N-dealkylation sites (N-methyl/N-ethyl adjacent to an activating group) is 2. The highest BCUT2D eigenvalue weighted by Crippen LogP contribution is 2.13. The lowest BCUT2D eigenvalue weighted by molar-refractivity contribution is -0.121. The van der Waals surface area contributed by atoms with E-state index in [0.717, 1.165) is 31.7 Å². The molecule has 118 valence electrons. The number of thiazole rings is 1. The molecule has 1 amide bonds. The van der Waals surface area contributed by atoms with Crippen LogP contribution in [0, 0.1) is 6.92 Å². The van der Waals surface area contributed by atoms with E-state index >= 15 is 0 Å². The summed E-state index contributed by atoms with van der Waals surface area (Å²) in [6, 6.07) is 0.600. The van der Waals surface area contributed by atoms with Gasteiger partial charge in [-0.2, -0.15) is 0 Å². The molecular weight excluding hydrogens is 284 g/mol. The van der Waals surface area contributed by atoms with Gasteiger partial charge in [0.05, 0.1) is 11.2 Å². The van der Waals surface area contributed by atoms with Gasteiger partial charge in [-0.3, -0.25) is 4.79 Å². The van der Waals surface area contributed by atoms with Crippen LogP contribution in [-0.4, -0.2) is 67.0 Å². The Balaban J connectivity index is 1.60. The van der Waals surface area contributed by atoms with E-state index in [1.807, 2.05) is 12.4 Å². The molecule has 1 atom stereocenters. The Morgan fingerprint density at radius 3 is 3.05 bits per heavy atom. The van der Waals surface area contributed by atoms with Crippen molar-refractivity contribution in [3.63, 3.8) is 0 Å². The lowest BCUT2D eigenvalue weighted by Crippen LogP contribution is -2.37. The summed E-state index contributed by atoms with van der Waals surface area (Å²) in [5, 5.41) is 3.01. The highest BCUT2D eigenvalue weighted by atomic mass is 32.1. The third-order valence-electron chi connectivity index (χ3n) is 4.20. The number of nitrogens with one attached hydrogen (secondary N) is 1. The monoisotopic (exact) mass is 310 g/mol. The number of hydrogen-bond acceptors (Lipinski definition) is 5. The molecule has 0 aromatic carbocycles. The summed E-state index contributed by atoms with van der Waals surface area (Å²) in [7, 11) is 4.28. The fraction of sp³-hybridized carbons (Fsp3) is 0.733. The minimum absolute atomic E-state index is 0.148. The molecule has 0 saturated carbocycles. The van der Waals surface area contributed by atoms with Crippen LogP contribution in [-0.2, 0) is 11.2 Å². The van der Waals surface area contributed by atoms with E-state index < -0.39 is 0 Å². The van der Waals surface area contributed by atoms with Gasteiger partial charge in [0.2, 0.25) is 5.91 Å². The predicted octanol–water partition coefficient (Wildman–Crippen LogP) is 1.14. The van der Waals surface area contributed by atoms with E-state index in [2.05, 4.69) is 34.2 Å². The molecule has 2 heterocycles. The zero-order valence-electron chi connectivity index (χ0n) is 13.3. The molecule has 0 spiro atoms. The number of aromatic nitrogens is 1. The second-order valence-electron chi connectivity index (χ2n) is 5.90. The first-order chi connectivity index (χ1) is 10.1. The van der Waals surface area contributed by atoms with Crippen molar-refractivity contribution in [2.75, 3.05) is 40.3 Å². The number of likely N-dealkylation sites (tertiary alicyclic amines) is 1. The largest absolute Gasteiger partial charge is 0.356 e. The normalized spacial score (nSPS) is 19.3. The van der Waals surface area contributed by atoms with Gasteiger partial charge in [-0.25, -0.2) is 4.98 Å². The number of hydrogen-bond donors (Lipinski definition) is 1. The van der Waals surface area contributed by atoms with Crippen LogP contribution in [0.5, 0.6) is 0 Å². The average molecular weight is 310 g/mol. The molecule has 0 aliphatic carbocycles. The molecule has 0 radical (unpaired) electrons. The van der Waals surface area contributed by atoms with Crippen molar-refractivity contribution in [2.45, 2.75) is 32.2 Å². The summed E-state index contributed by atoms with van der Waals surface area (Å²) in [5.74, 6) is 0.148. The molecule has 6 heteroatoms. The van der Waals surface area contributed by atoms with Gasteiger partial charge in [-0.15, -0.1) is 11.3 Å². The number of carbonyl (C=O) groups excluding carboxylic acids is 1. The number of nitrogens with zero attached hydrogens (tertiary/aromatic N) is 3. The van der Waals surface area contributed by atoms with Crippen LogP contribution in [0.1, 0.15) is 23.4 Å². The molecule has 1 aliphatic rings. The van der Waals surface area contributed by atoms with E-state index in [1.165, 1.54) is 11.3 Å². The first-order valence-corrected chi connectivity index (χ1v) is 8.48. The average Bonchev–Trinajstić information content (AvgIpc) is 3.05. The lowest BCUT2D eigenvalue weighted by Gasteiger charge is -2.23. The topological polar surface area (TPSA) is 48.5 Å². The number of amides is 1. The fourth-order valence-corrected chi connectivity index (χ4v) is 3.48. The van der Waals surface area contributed by atoms with Crippen molar-refractivity contribution in [2.24, 2.45) is 0 Å². The van der Waals surface area contributed by atoms with E-state index in [9.17, 15) is 4.79 Å². The van der Waals surface area contributed by atoms with Crippen LogP contribution in [0.25, 0.3) is 0 Å². The van der Waals surface area contributed by atoms with Gasteiger partial charge in [0.15, 0.2) is 0 Å². The lowest BCUT2D eigenvalue weighted by atomic mass is 10.2. The van der Waals surface area contributed by atoms with Crippen LogP contribution >= 0.6 is 11.3 Å². The molecule has 0 unspecified atom stereocenters. The molecule has 0 bridgehead atoms. The summed E-state index contributed by atoms with van der Waals surface area (Å²) in [5.41, 5.74) is 2.94. The summed E-state index contributed by atoms with van der Waals surface area (Å²) in [4.78, 5) is 22.0. The number of rotatable bonds is 7. The minimum Gasteiger partial charge on any atom is -0.356 e. The number of aryl methyl sites for hydroxylation is 1. The Hall–Kier alpha value is -0.980. The van der Waals surface area contributed by atoms with E-state index in [4.69, 9.17) is 0 Å². The predicted molar refractivity (Wildman–Crippen MR) is 86.7 cm³/mol. The van der Waals surface area contributed by atoms with Crippen molar-refractivity contribution in [1.29, 1.82) is 0 Å². The van der Waals surface area contributed by atoms with Gasteiger partial charge in [-0.1, -0.05) is 0 Å². The molecule has 2 rings (SSSR count). The standard InChI is InChI=1S/C15H26N4OS/c1-12-14(21-11-17-12)4-7-16-15(20)6-9-19(3)13-5-8-18(2)10-13/h11,13H,4-10H2,1-3H3,(H,16,20)/t13-/m1/s1. The molecule has 21 heavy (non-hydrogen) atoms. The van der Waals surface area contributed by atoms with Gasteiger partial charge in [0.25, 0.3) is 0 Å². The first kappa shape index (κ1) is 16.4. The number of carbonyl (C=O) groups is 1. The molecule has 1 N–H and O–H groups in total. The van der Waals surface area contributed by atoms with Crippen LogP contribution < -0.4 is 5.32 Å². The first-order valence-electron chi connectivity index (χ1n) is 7.60. The van der Waals surface area contributed by atoms with Crippen molar-refractivity contribution in [3.05, 3.63) is 16.1 Å². The highest BCUT2D eigenvalue weighted by Gasteiger charge is 2.23. The molecule has 5 nitrogen and oxygen atoms in total. The second-order valence-corrected chi connectivity index (χ2v) is 6.84. The van der Waals surface area contributed by atoms with Gasteiger partial charge >= 0.3 is 0 Å². The molecular formula is C15H26N4OS. The Labute approximate surface area is 131 Å². The van der Waals surface area contributed by atoms with Gasteiger partial charge < -0.3 is 15.1 Å². The third kappa shape index (κ3) is 5.05. The van der Waals surface area contributed by atoms with Crippen LogP contribution in [0.2, 0.25) is 0 Å². The van der Waals surface area contributed by atoms with Crippen LogP contribution in [0.3, 0.4) is 0 Å². The van der Waals surface area contributed by atoms with E-state index in [-0.39, 0.29) is 5.91 Å². The maximum atomic E-state index is 11.9. The molecule has 1 aliphatic heterocycles. The summed E-state index contributed by atoms with van der Waals surface area (Å²) in [6.45, 7) is 5.83. The third-order valence-corrected chi connectivity index (χ3v) is 5.20. The highest BCUT2D eigenvalue weighted by molar-refractivity contribution is 7.09. The molecule has 1 fully saturated rings. The Kier molecular flexibility index (Phi) is 6.14. The Morgan fingerprint density at radius 1 is 1.62 bits per heavy atom. The smallest absolute Gasteiger partial charge is 0.221 e. The zero-order valence-corrected chi connectivity index (χ0v) is 14.1. The van der Waals surface area contributed by atoms with Crippen LogP contribution in [0.4, 0.5) is 0 Å². The fourth-order valence-electron chi connectivity index (χ4n) is 2.70. The van der Waals surface area contributed by atoms with Crippen molar-refractivity contribution < 1.29 is 4.79 Å². The van der Waals surface area contributed by atoms with E-state index in [0.29, 0.717) is 19.0 Å². The summed E-state index contributed by atoms with van der Waals surface area (Å²) >= 11 is 1.66. The minimum atomic E-state index is 0.148. The van der Waals surface area contributed by atoms with Crippen LogP contribution in [0.15, 0.2) is 5.51 Å². The Morgan fingerprint density at radius 2 is 2.43 bits per heavy atom. The maximum Gasteiger partial charge on any atom is 0.221 e. The summed E-state index contributed by atoms with van der Waals surface area (Å²) in [6.07, 6.45) is 2.67. The SMILES string of the molecule is Cc1ncsc1CCNC(=O)CCN(C)[C@@H]1CCN(C)C1. The Bertz CT molecular complexity index is 462. The van der Waals surface area contributed by atoms with Crippen molar-refractivity contribution >= 4 is 17.2 Å². The molecule has 1 aromatic heterocycles. The van der Waals surface area contributed by atoms with Crippen molar-refractivity contribution in [1.82, 2.24) is 20.1 Å². The second kappa shape index (κ2) is 7.87. The molecule has 1 aromatic rings. The summed E-state index contributed by atoms with van der Waals surface area (Å²) < 4.78 is 0.